The topological polar surface area (TPSA) is 42.0 Å². The van der Waals surface area contributed by atoms with Crippen LogP contribution in [0.25, 0.3) is 5.70 Å². The Morgan fingerprint density at radius 3 is 2.19 bits per heavy atom. The number of hydrogen-bond acceptors (Lipinski definition) is 4. The minimum atomic E-state index is 0.0760. The summed E-state index contributed by atoms with van der Waals surface area (Å²) in [4.78, 5) is 18.4. The predicted molar refractivity (Wildman–Crippen MR) is 146 cm³/mol. The molecule has 3 aromatic carbocycles. The average molecular weight is 495 g/mol. The number of benzene rings is 3. The van der Waals surface area contributed by atoms with Gasteiger partial charge >= 0.3 is 0 Å². The first-order valence-electron chi connectivity index (χ1n) is 13.5. The van der Waals surface area contributed by atoms with Gasteiger partial charge in [0.05, 0.1) is 5.70 Å². The Bertz CT molecular complexity index is 1270. The van der Waals surface area contributed by atoms with Crippen molar-refractivity contribution < 1.29 is 14.3 Å². The Morgan fingerprint density at radius 1 is 0.865 bits per heavy atom. The summed E-state index contributed by atoms with van der Waals surface area (Å²) in [5.74, 6) is 1.78. The van der Waals surface area contributed by atoms with Crippen LogP contribution in [0.3, 0.4) is 0 Å². The van der Waals surface area contributed by atoms with Gasteiger partial charge in [-0.3, -0.25) is 9.69 Å². The quantitative estimate of drug-likeness (QED) is 0.395. The summed E-state index contributed by atoms with van der Waals surface area (Å²) >= 11 is 0. The first-order valence-corrected chi connectivity index (χ1v) is 13.5. The maximum Gasteiger partial charge on any atom is 0.258 e. The lowest BCUT2D eigenvalue weighted by Gasteiger charge is -2.38. The molecule has 0 aromatic heterocycles. The molecule has 0 aliphatic carbocycles. The van der Waals surface area contributed by atoms with E-state index in [-0.39, 0.29) is 5.91 Å². The molecular formula is C32H34N2O3. The summed E-state index contributed by atoms with van der Waals surface area (Å²) < 4.78 is 11.0. The lowest BCUT2D eigenvalue weighted by Crippen LogP contribution is -2.42. The number of carbonyl (C=O) groups is 1. The van der Waals surface area contributed by atoms with E-state index in [0.717, 1.165) is 54.1 Å². The van der Waals surface area contributed by atoms with Crippen LogP contribution in [0, 0.1) is 0 Å². The molecule has 0 saturated carbocycles. The van der Waals surface area contributed by atoms with Crippen LogP contribution >= 0.6 is 0 Å². The molecule has 37 heavy (non-hydrogen) atoms. The van der Waals surface area contributed by atoms with Gasteiger partial charge in [0.2, 0.25) is 6.79 Å². The van der Waals surface area contributed by atoms with E-state index in [9.17, 15) is 4.79 Å². The second kappa shape index (κ2) is 10.4. The van der Waals surface area contributed by atoms with Gasteiger partial charge in [0.15, 0.2) is 11.5 Å². The van der Waals surface area contributed by atoms with E-state index >= 15 is 0 Å². The van der Waals surface area contributed by atoms with Crippen molar-refractivity contribution in [3.05, 3.63) is 101 Å². The average Bonchev–Trinajstić information content (AvgIpc) is 3.51. The van der Waals surface area contributed by atoms with Gasteiger partial charge in [-0.1, -0.05) is 54.6 Å². The van der Waals surface area contributed by atoms with Crippen LogP contribution in [0.5, 0.6) is 11.5 Å². The number of ether oxygens (including phenoxy) is 2. The van der Waals surface area contributed by atoms with E-state index in [0.29, 0.717) is 25.4 Å². The Kier molecular flexibility index (Phi) is 6.71. The Hall–Kier alpha value is -3.57. The summed E-state index contributed by atoms with van der Waals surface area (Å²) in [6.07, 6.45) is 5.47. The molecule has 2 atom stereocenters. The minimum absolute atomic E-state index is 0.0760. The molecule has 2 bridgehead atoms. The zero-order chi connectivity index (χ0) is 25.2. The number of amides is 1. The second-order valence-electron chi connectivity index (χ2n) is 10.2. The molecule has 1 amide bonds. The Labute approximate surface area is 219 Å². The summed E-state index contributed by atoms with van der Waals surface area (Å²) in [5, 5.41) is 0. The van der Waals surface area contributed by atoms with Crippen molar-refractivity contribution in [1.82, 2.24) is 9.80 Å². The van der Waals surface area contributed by atoms with Gasteiger partial charge < -0.3 is 14.4 Å². The van der Waals surface area contributed by atoms with E-state index in [4.69, 9.17) is 9.47 Å². The highest BCUT2D eigenvalue weighted by molar-refractivity contribution is 6.00. The molecule has 0 N–H and O–H groups in total. The summed E-state index contributed by atoms with van der Waals surface area (Å²) in [6.45, 7) is 4.09. The third kappa shape index (κ3) is 4.76. The van der Waals surface area contributed by atoms with Crippen molar-refractivity contribution in [2.75, 3.05) is 19.9 Å². The first-order chi connectivity index (χ1) is 18.2. The van der Waals surface area contributed by atoms with E-state index in [1.54, 1.807) is 0 Å². The summed E-state index contributed by atoms with van der Waals surface area (Å²) in [7, 11) is 0. The molecule has 2 unspecified atom stereocenters. The maximum atomic E-state index is 13.7. The fourth-order valence-corrected chi connectivity index (χ4v) is 6.31. The third-order valence-electron chi connectivity index (χ3n) is 8.07. The lowest BCUT2D eigenvalue weighted by molar-refractivity contribution is 0.0838. The highest BCUT2D eigenvalue weighted by Crippen LogP contribution is 2.42. The largest absolute Gasteiger partial charge is 0.454 e. The summed E-state index contributed by atoms with van der Waals surface area (Å²) in [6, 6.07) is 27.5. The fraction of sp³-hybridized carbons (Fsp3) is 0.344. The third-order valence-corrected chi connectivity index (χ3v) is 8.07. The van der Waals surface area contributed by atoms with Gasteiger partial charge in [-0.15, -0.1) is 0 Å². The van der Waals surface area contributed by atoms with Crippen LogP contribution in [-0.2, 0) is 6.42 Å². The highest BCUT2D eigenvalue weighted by atomic mass is 16.7. The number of fused-ring (bicyclic) bond motifs is 3. The van der Waals surface area contributed by atoms with Gasteiger partial charge in [0.1, 0.15) is 0 Å². The van der Waals surface area contributed by atoms with Crippen LogP contribution < -0.4 is 9.47 Å². The fourth-order valence-electron chi connectivity index (χ4n) is 6.31. The molecule has 2 fully saturated rings. The van der Waals surface area contributed by atoms with Gasteiger partial charge in [-0.25, -0.2) is 0 Å². The zero-order valence-electron chi connectivity index (χ0n) is 21.4. The van der Waals surface area contributed by atoms with Crippen LogP contribution in [0.15, 0.2) is 84.4 Å². The van der Waals surface area contributed by atoms with Crippen LogP contribution in [0.4, 0.5) is 0 Å². The molecule has 3 aliphatic heterocycles. The van der Waals surface area contributed by atoms with Gasteiger partial charge in [-0.05, 0) is 80.0 Å². The van der Waals surface area contributed by atoms with Crippen molar-refractivity contribution in [3.63, 3.8) is 0 Å². The SMILES string of the molecule is CCN(C(=O)c1ccccc1)C(=C1CC2CCC(C1)N2CCc1ccc2c(c1)OCO2)c1ccccc1. The van der Waals surface area contributed by atoms with Crippen LogP contribution in [0.1, 0.15) is 54.1 Å². The van der Waals surface area contributed by atoms with Crippen molar-refractivity contribution >= 4 is 11.6 Å². The van der Waals surface area contributed by atoms with E-state index in [1.165, 1.54) is 24.0 Å². The molecule has 0 spiro atoms. The Balaban J connectivity index is 1.26. The van der Waals surface area contributed by atoms with Crippen LogP contribution in [-0.4, -0.2) is 47.7 Å². The molecule has 5 heteroatoms. The number of hydrogen-bond donors (Lipinski definition) is 0. The van der Waals surface area contributed by atoms with Crippen molar-refractivity contribution in [2.45, 2.75) is 51.1 Å². The lowest BCUT2D eigenvalue weighted by atomic mass is 9.91. The van der Waals surface area contributed by atoms with Gasteiger partial charge in [0.25, 0.3) is 5.91 Å². The molecular weight excluding hydrogens is 460 g/mol. The second-order valence-corrected chi connectivity index (χ2v) is 10.2. The molecule has 6 rings (SSSR count). The number of piperidine rings is 1. The predicted octanol–water partition coefficient (Wildman–Crippen LogP) is 6.16. The molecule has 0 radical (unpaired) electrons. The molecule has 3 heterocycles. The number of rotatable bonds is 7. The van der Waals surface area contributed by atoms with Gasteiger partial charge in [-0.2, -0.15) is 0 Å². The van der Waals surface area contributed by atoms with E-state index in [1.807, 2.05) is 47.4 Å². The van der Waals surface area contributed by atoms with E-state index < -0.39 is 0 Å². The summed E-state index contributed by atoms with van der Waals surface area (Å²) in [5.41, 5.74) is 5.70. The van der Waals surface area contributed by atoms with Crippen molar-refractivity contribution in [2.24, 2.45) is 0 Å². The molecule has 3 aromatic rings. The minimum Gasteiger partial charge on any atom is -0.454 e. The monoisotopic (exact) mass is 494 g/mol. The number of carbonyl (C=O) groups excluding carboxylic acids is 1. The van der Waals surface area contributed by atoms with Gasteiger partial charge in [0, 0.05) is 30.7 Å². The first kappa shape index (κ1) is 23.8. The normalized spacial score (nSPS) is 20.2. The molecule has 3 aliphatic rings. The highest BCUT2D eigenvalue weighted by Gasteiger charge is 2.40. The van der Waals surface area contributed by atoms with Crippen molar-refractivity contribution in [1.29, 1.82) is 0 Å². The Morgan fingerprint density at radius 2 is 1.51 bits per heavy atom. The van der Waals surface area contributed by atoms with Crippen molar-refractivity contribution in [3.8, 4) is 11.5 Å². The molecule has 5 nitrogen and oxygen atoms in total. The van der Waals surface area contributed by atoms with Crippen LogP contribution in [0.2, 0.25) is 0 Å². The van der Waals surface area contributed by atoms with E-state index in [2.05, 4.69) is 48.2 Å². The molecule has 190 valence electrons. The maximum absolute atomic E-state index is 13.7. The standard InChI is InChI=1S/C32H34N2O3/c1-2-33(32(35)25-11-7-4-8-12-25)31(24-9-5-3-6-10-24)26-20-27-14-15-28(21-26)34(27)18-17-23-13-16-29-30(19-23)37-22-36-29/h3-13,16,19,27-28H,2,14-15,17-18,20-22H2,1H3. The number of nitrogens with zero attached hydrogens (tertiary/aromatic N) is 2. The smallest absolute Gasteiger partial charge is 0.258 e. The molecule has 2 saturated heterocycles. The zero-order valence-corrected chi connectivity index (χ0v) is 21.4.